The first-order valence-electron chi connectivity index (χ1n) is 8.58. The van der Waals surface area contributed by atoms with Crippen LogP contribution in [0.1, 0.15) is 12.1 Å². The van der Waals surface area contributed by atoms with Crippen LogP contribution in [0.25, 0.3) is 0 Å². The Bertz CT molecular complexity index is 825. The van der Waals surface area contributed by atoms with Crippen LogP contribution in [0.3, 0.4) is 0 Å². The van der Waals surface area contributed by atoms with E-state index in [1.54, 1.807) is 23.2 Å². The molecule has 0 spiro atoms. The lowest BCUT2D eigenvalue weighted by molar-refractivity contribution is -0.126. The molecule has 26 heavy (non-hydrogen) atoms. The topological polar surface area (TPSA) is 80.8 Å². The number of carbonyl (C=O) groups excluding carboxylic acids is 2. The Morgan fingerprint density at radius 1 is 1.23 bits per heavy atom. The van der Waals surface area contributed by atoms with Crippen molar-refractivity contribution in [1.29, 1.82) is 0 Å². The molecule has 3 heterocycles. The molecule has 1 fully saturated rings. The first kappa shape index (κ1) is 16.4. The first-order valence-corrected chi connectivity index (χ1v) is 8.58. The van der Waals surface area contributed by atoms with Crippen molar-refractivity contribution in [1.82, 2.24) is 10.3 Å². The van der Waals surface area contributed by atoms with E-state index in [0.29, 0.717) is 31.0 Å². The SMILES string of the molecule is O=C(NCCc1ccccn1)[C@@H]1CC(=O)N(c2ccc3c(c2)OCO3)C1. The van der Waals surface area contributed by atoms with Gasteiger partial charge in [-0.3, -0.25) is 14.6 Å². The van der Waals surface area contributed by atoms with Gasteiger partial charge in [0.05, 0.1) is 5.92 Å². The van der Waals surface area contributed by atoms with Crippen LogP contribution in [0.15, 0.2) is 42.6 Å². The molecule has 2 aromatic rings. The molecule has 0 bridgehead atoms. The van der Waals surface area contributed by atoms with Crippen LogP contribution in [0, 0.1) is 5.92 Å². The van der Waals surface area contributed by atoms with E-state index in [9.17, 15) is 9.59 Å². The van der Waals surface area contributed by atoms with E-state index < -0.39 is 0 Å². The number of hydrogen-bond donors (Lipinski definition) is 1. The fourth-order valence-corrected chi connectivity index (χ4v) is 3.19. The van der Waals surface area contributed by atoms with Crippen molar-refractivity contribution < 1.29 is 19.1 Å². The molecule has 0 unspecified atom stereocenters. The summed E-state index contributed by atoms with van der Waals surface area (Å²) in [4.78, 5) is 30.6. The summed E-state index contributed by atoms with van der Waals surface area (Å²) < 4.78 is 10.6. The van der Waals surface area contributed by atoms with Crippen LogP contribution in [0.5, 0.6) is 11.5 Å². The number of rotatable bonds is 5. The van der Waals surface area contributed by atoms with Gasteiger partial charge in [0.25, 0.3) is 0 Å². The summed E-state index contributed by atoms with van der Waals surface area (Å²) in [5.74, 6) is 0.783. The summed E-state index contributed by atoms with van der Waals surface area (Å²) in [5.41, 5.74) is 1.65. The van der Waals surface area contributed by atoms with Crippen molar-refractivity contribution in [2.24, 2.45) is 5.92 Å². The van der Waals surface area contributed by atoms with E-state index in [0.717, 1.165) is 11.4 Å². The Morgan fingerprint density at radius 2 is 2.12 bits per heavy atom. The Balaban J connectivity index is 1.34. The molecule has 1 saturated heterocycles. The molecular formula is C19H19N3O4. The van der Waals surface area contributed by atoms with E-state index in [1.165, 1.54) is 0 Å². The molecule has 0 saturated carbocycles. The van der Waals surface area contributed by atoms with Crippen molar-refractivity contribution >= 4 is 17.5 Å². The normalized spacial score (nSPS) is 18.2. The number of nitrogens with one attached hydrogen (secondary N) is 1. The lowest BCUT2D eigenvalue weighted by atomic mass is 10.1. The molecule has 134 valence electrons. The first-order chi connectivity index (χ1) is 12.7. The van der Waals surface area contributed by atoms with E-state index in [1.807, 2.05) is 24.3 Å². The molecule has 0 aliphatic carbocycles. The third-order valence-corrected chi connectivity index (χ3v) is 4.57. The molecule has 7 nitrogen and oxygen atoms in total. The van der Waals surface area contributed by atoms with Crippen LogP contribution in [0.2, 0.25) is 0 Å². The van der Waals surface area contributed by atoms with Crippen LogP contribution in [0.4, 0.5) is 5.69 Å². The second-order valence-corrected chi connectivity index (χ2v) is 6.31. The summed E-state index contributed by atoms with van der Waals surface area (Å²) in [5, 5.41) is 2.90. The monoisotopic (exact) mass is 353 g/mol. The van der Waals surface area contributed by atoms with Gasteiger partial charge in [-0.1, -0.05) is 6.07 Å². The van der Waals surface area contributed by atoms with Crippen LogP contribution >= 0.6 is 0 Å². The quantitative estimate of drug-likeness (QED) is 0.882. The third-order valence-electron chi connectivity index (χ3n) is 4.57. The second-order valence-electron chi connectivity index (χ2n) is 6.31. The predicted octanol–water partition coefficient (Wildman–Crippen LogP) is 1.52. The van der Waals surface area contributed by atoms with E-state index >= 15 is 0 Å². The highest BCUT2D eigenvalue weighted by molar-refractivity contribution is 6.00. The summed E-state index contributed by atoms with van der Waals surface area (Å²) in [6.07, 6.45) is 2.61. The van der Waals surface area contributed by atoms with Gasteiger partial charge in [0.1, 0.15) is 0 Å². The summed E-state index contributed by atoms with van der Waals surface area (Å²) in [6, 6.07) is 11.1. The zero-order valence-corrected chi connectivity index (χ0v) is 14.2. The number of ether oxygens (including phenoxy) is 2. The third kappa shape index (κ3) is 3.33. The van der Waals surface area contributed by atoms with Gasteiger partial charge in [-0.25, -0.2) is 0 Å². The Labute approximate surface area is 150 Å². The zero-order chi connectivity index (χ0) is 17.9. The molecule has 2 aliphatic heterocycles. The minimum absolute atomic E-state index is 0.0614. The van der Waals surface area contributed by atoms with Gasteiger partial charge in [0.2, 0.25) is 18.6 Å². The maximum atomic E-state index is 12.4. The average Bonchev–Trinajstić information content (AvgIpc) is 3.28. The molecule has 1 N–H and O–H groups in total. The van der Waals surface area contributed by atoms with Crippen molar-refractivity contribution in [3.8, 4) is 11.5 Å². The van der Waals surface area contributed by atoms with Crippen molar-refractivity contribution in [3.63, 3.8) is 0 Å². The fourth-order valence-electron chi connectivity index (χ4n) is 3.19. The van der Waals surface area contributed by atoms with Gasteiger partial charge in [-0.05, 0) is 24.3 Å². The smallest absolute Gasteiger partial charge is 0.231 e. The lowest BCUT2D eigenvalue weighted by Gasteiger charge is -2.17. The maximum absolute atomic E-state index is 12.4. The standard InChI is InChI=1S/C19H19N3O4/c23-18-9-13(19(24)21-8-6-14-3-1-2-7-20-14)11-22(18)15-4-5-16-17(10-15)26-12-25-16/h1-5,7,10,13H,6,8-9,11-12H2,(H,21,24)/t13-/m1/s1. The van der Waals surface area contributed by atoms with Crippen molar-refractivity contribution in [3.05, 3.63) is 48.3 Å². The number of amides is 2. The van der Waals surface area contributed by atoms with Crippen molar-refractivity contribution in [2.75, 3.05) is 24.8 Å². The van der Waals surface area contributed by atoms with Gasteiger partial charge in [-0.15, -0.1) is 0 Å². The molecule has 1 atom stereocenters. The number of benzene rings is 1. The largest absolute Gasteiger partial charge is 0.454 e. The highest BCUT2D eigenvalue weighted by atomic mass is 16.7. The zero-order valence-electron chi connectivity index (χ0n) is 14.2. The number of nitrogens with zero attached hydrogens (tertiary/aromatic N) is 2. The minimum Gasteiger partial charge on any atom is -0.454 e. The second kappa shape index (κ2) is 7.03. The highest BCUT2D eigenvalue weighted by Crippen LogP contribution is 2.37. The minimum atomic E-state index is -0.350. The molecule has 1 aromatic carbocycles. The Kier molecular flexibility index (Phi) is 4.43. The van der Waals surface area contributed by atoms with Gasteiger partial charge in [-0.2, -0.15) is 0 Å². The lowest BCUT2D eigenvalue weighted by Crippen LogP contribution is -2.34. The maximum Gasteiger partial charge on any atom is 0.231 e. The van der Waals surface area contributed by atoms with Crippen LogP contribution < -0.4 is 19.7 Å². The number of pyridine rings is 1. The number of fused-ring (bicyclic) bond motifs is 1. The van der Waals surface area contributed by atoms with E-state index in [4.69, 9.17) is 9.47 Å². The van der Waals surface area contributed by atoms with Crippen molar-refractivity contribution in [2.45, 2.75) is 12.8 Å². The number of anilines is 1. The van der Waals surface area contributed by atoms with Crippen LogP contribution in [-0.4, -0.2) is 36.7 Å². The number of hydrogen-bond acceptors (Lipinski definition) is 5. The number of carbonyl (C=O) groups is 2. The van der Waals surface area contributed by atoms with Gasteiger partial charge in [0.15, 0.2) is 11.5 Å². The Morgan fingerprint density at radius 3 is 2.96 bits per heavy atom. The molecule has 2 aliphatic rings. The Hall–Kier alpha value is -3.09. The highest BCUT2D eigenvalue weighted by Gasteiger charge is 2.35. The van der Waals surface area contributed by atoms with Crippen LogP contribution in [-0.2, 0) is 16.0 Å². The summed E-state index contributed by atoms with van der Waals surface area (Å²) >= 11 is 0. The molecular weight excluding hydrogens is 334 g/mol. The fraction of sp³-hybridized carbons (Fsp3) is 0.316. The van der Waals surface area contributed by atoms with E-state index in [-0.39, 0.29) is 30.9 Å². The summed E-state index contributed by atoms with van der Waals surface area (Å²) in [6.45, 7) is 1.06. The van der Waals surface area contributed by atoms with Gasteiger partial charge in [0, 0.05) is 49.6 Å². The molecule has 1 aromatic heterocycles. The molecule has 2 amide bonds. The number of aromatic nitrogens is 1. The van der Waals surface area contributed by atoms with Gasteiger partial charge < -0.3 is 19.7 Å². The molecule has 4 rings (SSSR count). The summed E-state index contributed by atoms with van der Waals surface area (Å²) in [7, 11) is 0. The van der Waals surface area contributed by atoms with Gasteiger partial charge >= 0.3 is 0 Å². The predicted molar refractivity (Wildman–Crippen MR) is 94.0 cm³/mol. The molecule has 7 heteroatoms. The average molecular weight is 353 g/mol. The molecule has 0 radical (unpaired) electrons. The van der Waals surface area contributed by atoms with E-state index in [2.05, 4.69) is 10.3 Å².